The maximum Gasteiger partial charge on any atom is 0.141 e. The van der Waals surface area contributed by atoms with Crippen molar-refractivity contribution in [1.29, 1.82) is 0 Å². The number of halogens is 1. The smallest absolute Gasteiger partial charge is 0.141 e. The third kappa shape index (κ3) is 2.19. The molecule has 2 aromatic rings. The molecule has 1 unspecified atom stereocenters. The van der Waals surface area contributed by atoms with Crippen molar-refractivity contribution in [2.45, 2.75) is 12.5 Å². The molecule has 1 aromatic carbocycles. The zero-order chi connectivity index (χ0) is 13.2. The largest absolute Gasteiger partial charge is 0.496 e. The van der Waals surface area contributed by atoms with E-state index >= 15 is 0 Å². The van der Waals surface area contributed by atoms with E-state index in [0.29, 0.717) is 16.9 Å². The van der Waals surface area contributed by atoms with Crippen LogP contribution < -0.4 is 4.74 Å². The lowest BCUT2D eigenvalue weighted by atomic mass is 9.88. The Bertz CT molecular complexity index is 555. The zero-order valence-corrected chi connectivity index (χ0v) is 10.2. The van der Waals surface area contributed by atoms with Gasteiger partial charge in [0, 0.05) is 17.3 Å². The number of aromatic nitrogens is 1. The van der Waals surface area contributed by atoms with Crippen molar-refractivity contribution in [2.24, 2.45) is 0 Å². The predicted molar refractivity (Wildman–Crippen MR) is 65.9 cm³/mol. The minimum absolute atomic E-state index is 0.381. The third-order valence-electron chi connectivity index (χ3n) is 2.90. The molecular formula is C14H14FNO2. The number of hydrogen-bond acceptors (Lipinski definition) is 3. The van der Waals surface area contributed by atoms with Gasteiger partial charge in [0.25, 0.3) is 0 Å². The molecule has 1 atom stereocenters. The zero-order valence-electron chi connectivity index (χ0n) is 10.2. The van der Waals surface area contributed by atoms with E-state index in [-0.39, 0.29) is 0 Å². The van der Waals surface area contributed by atoms with E-state index in [1.807, 2.05) is 6.07 Å². The molecule has 0 bridgehead atoms. The van der Waals surface area contributed by atoms with E-state index in [0.717, 1.165) is 6.20 Å². The van der Waals surface area contributed by atoms with Gasteiger partial charge >= 0.3 is 0 Å². The Labute approximate surface area is 105 Å². The summed E-state index contributed by atoms with van der Waals surface area (Å²) in [5.41, 5.74) is -0.409. The first kappa shape index (κ1) is 12.5. The first-order valence-electron chi connectivity index (χ1n) is 5.52. The van der Waals surface area contributed by atoms with Gasteiger partial charge in [-0.25, -0.2) is 4.39 Å². The monoisotopic (exact) mass is 247 g/mol. The highest BCUT2D eigenvalue weighted by atomic mass is 19.1. The fraction of sp³-hybridized carbons (Fsp3) is 0.214. The molecule has 0 fully saturated rings. The normalized spacial score (nSPS) is 14.0. The van der Waals surface area contributed by atoms with Crippen molar-refractivity contribution in [2.75, 3.05) is 7.11 Å². The number of aliphatic hydroxyl groups is 1. The minimum Gasteiger partial charge on any atom is -0.496 e. The molecule has 2 rings (SSSR count). The number of nitrogens with zero attached hydrogens (tertiary/aromatic N) is 1. The molecule has 0 spiro atoms. The molecule has 3 nitrogen and oxygen atoms in total. The van der Waals surface area contributed by atoms with Crippen LogP contribution >= 0.6 is 0 Å². The average molecular weight is 247 g/mol. The number of ether oxygens (including phenoxy) is 1. The minimum atomic E-state index is -1.36. The van der Waals surface area contributed by atoms with Crippen molar-refractivity contribution in [3.05, 3.63) is 59.7 Å². The average Bonchev–Trinajstić information content (AvgIpc) is 2.38. The van der Waals surface area contributed by atoms with Crippen molar-refractivity contribution < 1.29 is 14.2 Å². The molecule has 0 aliphatic heterocycles. The highest BCUT2D eigenvalue weighted by molar-refractivity contribution is 5.43. The summed E-state index contributed by atoms with van der Waals surface area (Å²) in [6.45, 7) is 1.58. The van der Waals surface area contributed by atoms with Crippen LogP contribution in [0.4, 0.5) is 4.39 Å². The summed E-state index contributed by atoms with van der Waals surface area (Å²) in [6.07, 6.45) is 2.54. The van der Waals surface area contributed by atoms with Crippen LogP contribution in [0.25, 0.3) is 0 Å². The maximum atomic E-state index is 13.2. The molecule has 0 radical (unpaired) electrons. The lowest BCUT2D eigenvalue weighted by Gasteiger charge is -2.25. The van der Waals surface area contributed by atoms with Gasteiger partial charge in [0.2, 0.25) is 0 Å². The number of benzene rings is 1. The van der Waals surface area contributed by atoms with Gasteiger partial charge in [-0.3, -0.25) is 4.98 Å². The number of para-hydroxylation sites is 1. The molecule has 0 saturated heterocycles. The van der Waals surface area contributed by atoms with Gasteiger partial charge in [-0.1, -0.05) is 18.2 Å². The van der Waals surface area contributed by atoms with Crippen LogP contribution in [0, 0.1) is 5.82 Å². The second kappa shape index (κ2) is 4.74. The van der Waals surface area contributed by atoms with E-state index in [1.54, 1.807) is 25.1 Å². The summed E-state index contributed by atoms with van der Waals surface area (Å²) in [4.78, 5) is 3.76. The molecule has 0 amide bonds. The number of rotatable bonds is 3. The van der Waals surface area contributed by atoms with Crippen LogP contribution in [0.1, 0.15) is 18.1 Å². The van der Waals surface area contributed by atoms with Gasteiger partial charge in [0.05, 0.1) is 13.3 Å². The van der Waals surface area contributed by atoms with E-state index in [2.05, 4.69) is 4.98 Å². The number of hydrogen-bond donors (Lipinski definition) is 1. The lowest BCUT2D eigenvalue weighted by Crippen LogP contribution is -2.24. The van der Waals surface area contributed by atoms with Crippen LogP contribution in [0.15, 0.2) is 42.7 Å². The topological polar surface area (TPSA) is 42.4 Å². The molecule has 0 aliphatic carbocycles. The highest BCUT2D eigenvalue weighted by Gasteiger charge is 2.29. The second-order valence-electron chi connectivity index (χ2n) is 4.16. The van der Waals surface area contributed by atoms with E-state index in [9.17, 15) is 9.50 Å². The first-order chi connectivity index (χ1) is 8.55. The molecule has 1 heterocycles. The fourth-order valence-electron chi connectivity index (χ4n) is 1.88. The van der Waals surface area contributed by atoms with Gasteiger partial charge in [0.1, 0.15) is 17.2 Å². The van der Waals surface area contributed by atoms with Crippen LogP contribution in [0.5, 0.6) is 5.75 Å². The summed E-state index contributed by atoms with van der Waals surface area (Å²) in [5.74, 6) is 0.0643. The van der Waals surface area contributed by atoms with Crippen molar-refractivity contribution in [3.63, 3.8) is 0 Å². The summed E-state index contributed by atoms with van der Waals surface area (Å²) in [7, 11) is 1.53. The molecular weight excluding hydrogens is 233 g/mol. The number of methoxy groups -OCH3 is 1. The van der Waals surface area contributed by atoms with Crippen molar-refractivity contribution >= 4 is 0 Å². The van der Waals surface area contributed by atoms with E-state index in [4.69, 9.17) is 4.74 Å². The van der Waals surface area contributed by atoms with Crippen LogP contribution in [-0.2, 0) is 5.60 Å². The predicted octanol–water partition coefficient (Wildman–Crippen LogP) is 2.49. The van der Waals surface area contributed by atoms with Crippen LogP contribution in [0.2, 0.25) is 0 Å². The SMILES string of the molecule is COc1ccccc1C(C)(O)c1cncc(F)c1. The highest BCUT2D eigenvalue weighted by Crippen LogP contribution is 2.34. The van der Waals surface area contributed by atoms with Crippen LogP contribution in [0.3, 0.4) is 0 Å². The fourth-order valence-corrected chi connectivity index (χ4v) is 1.88. The molecule has 18 heavy (non-hydrogen) atoms. The molecule has 1 aromatic heterocycles. The van der Waals surface area contributed by atoms with Gasteiger partial charge < -0.3 is 9.84 Å². The molecule has 1 N–H and O–H groups in total. The molecule has 0 saturated carbocycles. The Morgan fingerprint density at radius 2 is 2.00 bits per heavy atom. The molecule has 0 aliphatic rings. The Kier molecular flexibility index (Phi) is 3.30. The van der Waals surface area contributed by atoms with Gasteiger partial charge in [0.15, 0.2) is 0 Å². The quantitative estimate of drug-likeness (QED) is 0.906. The lowest BCUT2D eigenvalue weighted by molar-refractivity contribution is 0.0981. The number of pyridine rings is 1. The third-order valence-corrected chi connectivity index (χ3v) is 2.90. The van der Waals surface area contributed by atoms with Gasteiger partial charge in [-0.2, -0.15) is 0 Å². The molecule has 94 valence electrons. The standard InChI is InChI=1S/C14H14FNO2/c1-14(17,10-7-11(15)9-16-8-10)12-5-3-4-6-13(12)18-2/h3-9,17H,1-2H3. The van der Waals surface area contributed by atoms with Gasteiger partial charge in [-0.15, -0.1) is 0 Å². The Morgan fingerprint density at radius 1 is 1.28 bits per heavy atom. The molecule has 4 heteroatoms. The van der Waals surface area contributed by atoms with Gasteiger partial charge in [-0.05, 0) is 19.1 Å². The Morgan fingerprint density at radius 3 is 2.67 bits per heavy atom. The second-order valence-corrected chi connectivity index (χ2v) is 4.16. The Balaban J connectivity index is 2.54. The van der Waals surface area contributed by atoms with Crippen LogP contribution in [-0.4, -0.2) is 17.2 Å². The van der Waals surface area contributed by atoms with Crippen molar-refractivity contribution in [1.82, 2.24) is 4.98 Å². The summed E-state index contributed by atoms with van der Waals surface area (Å²) >= 11 is 0. The maximum absolute atomic E-state index is 13.2. The van der Waals surface area contributed by atoms with E-state index < -0.39 is 11.4 Å². The summed E-state index contributed by atoms with van der Waals surface area (Å²) in [6, 6.07) is 8.35. The first-order valence-corrected chi connectivity index (χ1v) is 5.52. The van der Waals surface area contributed by atoms with Crippen molar-refractivity contribution in [3.8, 4) is 5.75 Å². The summed E-state index contributed by atoms with van der Waals surface area (Å²) < 4.78 is 18.4. The summed E-state index contributed by atoms with van der Waals surface area (Å²) in [5, 5.41) is 10.6. The Hall–Kier alpha value is -1.94. The van der Waals surface area contributed by atoms with E-state index in [1.165, 1.54) is 19.4 Å².